The number of thiophene rings is 1. The standard InChI is InChI=1S/C19H18ClN5S/c1-3-12-6-14(17-4-5-18(20)26-17)21-8-13(12)9-22-19-7-16-15(10-23-19)24-11-25(16)2/h4-8,10-11H,3,9H2,1-2H3,(H,22,23). The summed E-state index contributed by atoms with van der Waals surface area (Å²) >= 11 is 7.59. The summed E-state index contributed by atoms with van der Waals surface area (Å²) in [6, 6.07) is 8.09. The molecule has 0 aliphatic rings. The first-order valence-electron chi connectivity index (χ1n) is 8.38. The highest BCUT2D eigenvalue weighted by Crippen LogP contribution is 2.30. The summed E-state index contributed by atoms with van der Waals surface area (Å²) in [5.41, 5.74) is 5.37. The number of pyridine rings is 2. The molecule has 0 bridgehead atoms. The molecule has 5 nitrogen and oxygen atoms in total. The van der Waals surface area contributed by atoms with Gasteiger partial charge in [-0.05, 0) is 35.7 Å². The van der Waals surface area contributed by atoms with Gasteiger partial charge in [-0.2, -0.15) is 0 Å². The van der Waals surface area contributed by atoms with E-state index in [0.29, 0.717) is 6.54 Å². The number of imidazole rings is 1. The third-order valence-electron chi connectivity index (χ3n) is 4.36. The van der Waals surface area contributed by atoms with Crippen molar-refractivity contribution in [1.29, 1.82) is 0 Å². The molecule has 7 heteroatoms. The number of nitrogens with zero attached hydrogens (tertiary/aromatic N) is 4. The number of nitrogens with one attached hydrogen (secondary N) is 1. The maximum absolute atomic E-state index is 6.04. The Morgan fingerprint density at radius 3 is 2.77 bits per heavy atom. The van der Waals surface area contributed by atoms with Crippen molar-refractivity contribution in [2.45, 2.75) is 19.9 Å². The molecular weight excluding hydrogens is 366 g/mol. The Balaban J connectivity index is 1.56. The van der Waals surface area contributed by atoms with E-state index < -0.39 is 0 Å². The molecule has 0 aromatic carbocycles. The van der Waals surface area contributed by atoms with E-state index in [1.54, 1.807) is 23.9 Å². The molecule has 0 fully saturated rings. The van der Waals surface area contributed by atoms with Gasteiger partial charge in [0.2, 0.25) is 0 Å². The fraction of sp³-hybridized carbons (Fsp3) is 0.211. The minimum absolute atomic E-state index is 0.679. The number of aromatic nitrogens is 4. The SMILES string of the molecule is CCc1cc(-c2ccc(Cl)s2)ncc1CNc1cc2c(cn1)ncn2C. The maximum atomic E-state index is 6.04. The van der Waals surface area contributed by atoms with Crippen LogP contribution in [0.1, 0.15) is 18.1 Å². The van der Waals surface area contributed by atoms with Gasteiger partial charge in [-0.1, -0.05) is 18.5 Å². The van der Waals surface area contributed by atoms with Gasteiger partial charge in [-0.15, -0.1) is 11.3 Å². The minimum Gasteiger partial charge on any atom is -0.366 e. The Labute approximate surface area is 160 Å². The van der Waals surface area contributed by atoms with Crippen LogP contribution in [0.3, 0.4) is 0 Å². The second kappa shape index (κ2) is 7.05. The molecule has 0 radical (unpaired) electrons. The minimum atomic E-state index is 0.679. The molecule has 0 unspecified atom stereocenters. The van der Waals surface area contributed by atoms with Crippen molar-refractivity contribution >= 4 is 39.8 Å². The molecule has 0 aliphatic heterocycles. The van der Waals surface area contributed by atoms with Gasteiger partial charge >= 0.3 is 0 Å². The molecule has 4 heterocycles. The second-order valence-corrected chi connectivity index (χ2v) is 7.78. The van der Waals surface area contributed by atoms with Crippen molar-refractivity contribution in [2.75, 3.05) is 5.32 Å². The monoisotopic (exact) mass is 383 g/mol. The lowest BCUT2D eigenvalue weighted by Crippen LogP contribution is -2.05. The van der Waals surface area contributed by atoms with E-state index in [0.717, 1.165) is 38.2 Å². The normalized spacial score (nSPS) is 11.2. The first kappa shape index (κ1) is 17.0. The number of halogens is 1. The fourth-order valence-electron chi connectivity index (χ4n) is 2.91. The number of hydrogen-bond acceptors (Lipinski definition) is 5. The molecule has 132 valence electrons. The van der Waals surface area contributed by atoms with Gasteiger partial charge in [0.1, 0.15) is 11.3 Å². The predicted octanol–water partition coefficient (Wildman–Crippen LogP) is 4.92. The van der Waals surface area contributed by atoms with Crippen LogP contribution >= 0.6 is 22.9 Å². The molecule has 0 atom stereocenters. The summed E-state index contributed by atoms with van der Waals surface area (Å²) in [4.78, 5) is 14.4. The quantitative estimate of drug-likeness (QED) is 0.531. The first-order valence-corrected chi connectivity index (χ1v) is 9.58. The molecular formula is C19H18ClN5S. The molecule has 4 aromatic heterocycles. The number of aryl methyl sites for hydroxylation is 2. The summed E-state index contributed by atoms with van der Waals surface area (Å²) in [5.74, 6) is 0.831. The van der Waals surface area contributed by atoms with E-state index in [1.165, 1.54) is 11.1 Å². The molecule has 26 heavy (non-hydrogen) atoms. The average Bonchev–Trinajstić information content (AvgIpc) is 3.26. The van der Waals surface area contributed by atoms with E-state index >= 15 is 0 Å². The highest BCUT2D eigenvalue weighted by molar-refractivity contribution is 7.19. The third-order valence-corrected chi connectivity index (χ3v) is 5.61. The number of fused-ring (bicyclic) bond motifs is 1. The number of hydrogen-bond donors (Lipinski definition) is 1. The van der Waals surface area contributed by atoms with Crippen LogP contribution in [0.4, 0.5) is 5.82 Å². The van der Waals surface area contributed by atoms with Gasteiger partial charge in [0, 0.05) is 25.9 Å². The first-order chi connectivity index (χ1) is 12.6. The largest absolute Gasteiger partial charge is 0.366 e. The Morgan fingerprint density at radius 2 is 2.00 bits per heavy atom. The van der Waals surface area contributed by atoms with Crippen LogP contribution in [0.5, 0.6) is 0 Å². The zero-order chi connectivity index (χ0) is 18.1. The molecule has 4 rings (SSSR count). The van der Waals surface area contributed by atoms with Crippen LogP contribution in [0, 0.1) is 0 Å². The lowest BCUT2D eigenvalue weighted by molar-refractivity contribution is 0.946. The van der Waals surface area contributed by atoms with Crippen molar-refractivity contribution < 1.29 is 0 Å². The van der Waals surface area contributed by atoms with Crippen LogP contribution < -0.4 is 5.32 Å². The van der Waals surface area contributed by atoms with Gasteiger partial charge in [0.05, 0.1) is 32.9 Å². The maximum Gasteiger partial charge on any atom is 0.128 e. The zero-order valence-electron chi connectivity index (χ0n) is 14.5. The molecule has 0 saturated heterocycles. The van der Waals surface area contributed by atoms with E-state index in [2.05, 4.69) is 33.3 Å². The van der Waals surface area contributed by atoms with Gasteiger partial charge in [-0.25, -0.2) is 9.97 Å². The van der Waals surface area contributed by atoms with Crippen molar-refractivity contribution in [2.24, 2.45) is 7.05 Å². The summed E-state index contributed by atoms with van der Waals surface area (Å²) < 4.78 is 2.77. The van der Waals surface area contributed by atoms with Crippen LogP contribution in [0.2, 0.25) is 4.34 Å². The molecule has 0 spiro atoms. The fourth-order valence-corrected chi connectivity index (χ4v) is 3.92. The van der Waals surface area contributed by atoms with Gasteiger partial charge in [-0.3, -0.25) is 4.98 Å². The topological polar surface area (TPSA) is 55.6 Å². The van der Waals surface area contributed by atoms with Crippen molar-refractivity contribution in [1.82, 2.24) is 19.5 Å². The molecule has 0 aliphatic carbocycles. The van der Waals surface area contributed by atoms with Crippen LogP contribution in [0.25, 0.3) is 21.6 Å². The summed E-state index contributed by atoms with van der Waals surface area (Å²) in [7, 11) is 1.98. The summed E-state index contributed by atoms with van der Waals surface area (Å²) in [6.07, 6.45) is 6.47. The second-order valence-electron chi connectivity index (χ2n) is 6.06. The number of rotatable bonds is 5. The molecule has 0 saturated carbocycles. The van der Waals surface area contributed by atoms with E-state index in [-0.39, 0.29) is 0 Å². The lowest BCUT2D eigenvalue weighted by Gasteiger charge is -2.11. The summed E-state index contributed by atoms with van der Waals surface area (Å²) in [5, 5.41) is 3.40. The Bertz CT molecular complexity index is 1070. The van der Waals surface area contributed by atoms with E-state index in [1.807, 2.05) is 36.0 Å². The smallest absolute Gasteiger partial charge is 0.128 e. The predicted molar refractivity (Wildman–Crippen MR) is 108 cm³/mol. The van der Waals surface area contributed by atoms with Crippen LogP contribution in [0.15, 0.2) is 43.0 Å². The molecule has 0 amide bonds. The van der Waals surface area contributed by atoms with E-state index in [4.69, 9.17) is 11.6 Å². The van der Waals surface area contributed by atoms with Gasteiger partial charge in [0.15, 0.2) is 0 Å². The van der Waals surface area contributed by atoms with Gasteiger partial charge in [0.25, 0.3) is 0 Å². The summed E-state index contributed by atoms with van der Waals surface area (Å²) in [6.45, 7) is 2.84. The van der Waals surface area contributed by atoms with Gasteiger partial charge < -0.3 is 9.88 Å². The van der Waals surface area contributed by atoms with Crippen LogP contribution in [-0.4, -0.2) is 19.5 Å². The highest BCUT2D eigenvalue weighted by atomic mass is 35.5. The Kier molecular flexibility index (Phi) is 4.61. The third kappa shape index (κ3) is 3.30. The van der Waals surface area contributed by atoms with Crippen molar-refractivity contribution in [3.05, 3.63) is 58.4 Å². The molecule has 4 aromatic rings. The number of anilines is 1. The van der Waals surface area contributed by atoms with E-state index in [9.17, 15) is 0 Å². The van der Waals surface area contributed by atoms with Crippen molar-refractivity contribution in [3.63, 3.8) is 0 Å². The van der Waals surface area contributed by atoms with Crippen LogP contribution in [-0.2, 0) is 20.0 Å². The van der Waals surface area contributed by atoms with Crippen molar-refractivity contribution in [3.8, 4) is 10.6 Å². The Hall–Kier alpha value is -2.44. The zero-order valence-corrected chi connectivity index (χ0v) is 16.1. The lowest BCUT2D eigenvalue weighted by atomic mass is 10.1. The Morgan fingerprint density at radius 1 is 1.12 bits per heavy atom. The molecule has 1 N–H and O–H groups in total. The average molecular weight is 384 g/mol. The highest BCUT2D eigenvalue weighted by Gasteiger charge is 2.09.